The average Bonchev–Trinajstić information content (AvgIpc) is 3.08. The van der Waals surface area contributed by atoms with E-state index in [-0.39, 0.29) is 0 Å². The minimum absolute atomic E-state index is 0.555. The van der Waals surface area contributed by atoms with Crippen molar-refractivity contribution in [1.29, 1.82) is 0 Å². The summed E-state index contributed by atoms with van der Waals surface area (Å²) in [5.41, 5.74) is 4.78. The molecule has 7 heteroatoms. The minimum Gasteiger partial charge on any atom is -0.324 e. The van der Waals surface area contributed by atoms with E-state index < -0.39 is 0 Å². The number of imidazole rings is 1. The van der Waals surface area contributed by atoms with Gasteiger partial charge in [-0.3, -0.25) is 4.98 Å². The molecule has 0 aliphatic carbocycles. The van der Waals surface area contributed by atoms with Crippen LogP contribution >= 0.6 is 0 Å². The van der Waals surface area contributed by atoms with Crippen LogP contribution in [0.2, 0.25) is 0 Å². The molecule has 3 aromatic heterocycles. The van der Waals surface area contributed by atoms with Crippen molar-refractivity contribution in [2.45, 2.75) is 20.0 Å². The Morgan fingerprint density at radius 2 is 1.78 bits per heavy atom. The Labute approximate surface area is 157 Å². The molecule has 0 unspecified atom stereocenters. The summed E-state index contributed by atoms with van der Waals surface area (Å²) < 4.78 is 2.09. The topological polar surface area (TPSA) is 80.5 Å². The zero-order chi connectivity index (χ0) is 18.6. The van der Waals surface area contributed by atoms with Crippen molar-refractivity contribution < 1.29 is 0 Å². The molecule has 0 saturated heterocycles. The summed E-state index contributed by atoms with van der Waals surface area (Å²) in [5, 5.41) is 6.41. The lowest BCUT2D eigenvalue weighted by Gasteiger charge is -2.08. The van der Waals surface area contributed by atoms with Crippen LogP contribution in [-0.4, -0.2) is 31.6 Å². The molecule has 2 N–H and O–H groups in total. The number of nitrogens with zero attached hydrogens (tertiary/aromatic N) is 5. The van der Waals surface area contributed by atoms with E-state index >= 15 is 0 Å². The standard InChI is InChI=1S/C20H21N7/c1-3-27-18(15-8-10-22-11-9-15)25-17-13-23-20(26-19(17)27)24-16-6-4-14(5-7-16)12-21-2/h4-11,13,21H,3,12H2,1-2H3,(H,23,24,26). The molecule has 4 aromatic rings. The Hall–Kier alpha value is -3.32. The quantitative estimate of drug-likeness (QED) is 0.549. The van der Waals surface area contributed by atoms with Crippen LogP contribution in [0.1, 0.15) is 12.5 Å². The van der Waals surface area contributed by atoms with E-state index in [1.807, 2.05) is 31.3 Å². The molecule has 0 saturated carbocycles. The van der Waals surface area contributed by atoms with Gasteiger partial charge in [0.05, 0.1) is 6.20 Å². The van der Waals surface area contributed by atoms with Crippen LogP contribution in [-0.2, 0) is 13.1 Å². The normalized spacial score (nSPS) is 11.0. The third kappa shape index (κ3) is 3.50. The maximum atomic E-state index is 4.71. The van der Waals surface area contributed by atoms with Gasteiger partial charge in [-0.1, -0.05) is 12.1 Å². The second kappa shape index (κ2) is 7.51. The first-order valence-corrected chi connectivity index (χ1v) is 8.92. The molecule has 0 bridgehead atoms. The lowest BCUT2D eigenvalue weighted by Crippen LogP contribution is -2.05. The first kappa shape index (κ1) is 17.1. The van der Waals surface area contributed by atoms with E-state index in [1.165, 1.54) is 5.56 Å². The number of fused-ring (bicyclic) bond motifs is 1. The second-order valence-corrected chi connectivity index (χ2v) is 6.17. The molecule has 7 nitrogen and oxygen atoms in total. The van der Waals surface area contributed by atoms with Crippen LogP contribution in [0.5, 0.6) is 0 Å². The summed E-state index contributed by atoms with van der Waals surface area (Å²) in [6.07, 6.45) is 5.30. The van der Waals surface area contributed by atoms with Crippen molar-refractivity contribution in [2.24, 2.45) is 0 Å². The van der Waals surface area contributed by atoms with Crippen LogP contribution in [0.4, 0.5) is 11.6 Å². The molecule has 0 atom stereocenters. The summed E-state index contributed by atoms with van der Waals surface area (Å²) >= 11 is 0. The predicted molar refractivity (Wildman–Crippen MR) is 107 cm³/mol. The van der Waals surface area contributed by atoms with E-state index in [0.29, 0.717) is 5.95 Å². The SMILES string of the molecule is CCn1c(-c2ccncc2)nc2cnc(Nc3ccc(CNC)cc3)nc21. The van der Waals surface area contributed by atoms with Crippen LogP contribution in [0.15, 0.2) is 55.0 Å². The number of anilines is 2. The van der Waals surface area contributed by atoms with Crippen LogP contribution in [0.3, 0.4) is 0 Å². The predicted octanol–water partition coefficient (Wildman–Crippen LogP) is 3.37. The van der Waals surface area contributed by atoms with Gasteiger partial charge in [0.1, 0.15) is 11.3 Å². The first-order chi connectivity index (χ1) is 13.3. The summed E-state index contributed by atoms with van der Waals surface area (Å²) in [6, 6.07) is 12.1. The highest BCUT2D eigenvalue weighted by atomic mass is 15.2. The maximum absolute atomic E-state index is 4.71. The third-order valence-corrected chi connectivity index (χ3v) is 4.33. The number of nitrogens with one attached hydrogen (secondary N) is 2. The zero-order valence-electron chi connectivity index (χ0n) is 15.3. The van der Waals surface area contributed by atoms with Gasteiger partial charge in [-0.15, -0.1) is 0 Å². The van der Waals surface area contributed by atoms with Gasteiger partial charge < -0.3 is 15.2 Å². The molecule has 0 radical (unpaired) electrons. The smallest absolute Gasteiger partial charge is 0.229 e. The van der Waals surface area contributed by atoms with E-state index in [1.54, 1.807) is 18.6 Å². The number of hydrogen-bond donors (Lipinski definition) is 2. The van der Waals surface area contributed by atoms with Crippen LogP contribution < -0.4 is 10.6 Å². The number of hydrogen-bond acceptors (Lipinski definition) is 6. The fourth-order valence-corrected chi connectivity index (χ4v) is 3.04. The van der Waals surface area contributed by atoms with Gasteiger partial charge in [0.15, 0.2) is 5.65 Å². The Bertz CT molecular complexity index is 1040. The molecular weight excluding hydrogens is 338 g/mol. The molecule has 4 rings (SSSR count). The van der Waals surface area contributed by atoms with Crippen molar-refractivity contribution in [3.63, 3.8) is 0 Å². The van der Waals surface area contributed by atoms with Gasteiger partial charge in [0.25, 0.3) is 0 Å². The number of rotatable bonds is 6. The zero-order valence-corrected chi connectivity index (χ0v) is 15.3. The molecular formula is C20H21N7. The van der Waals surface area contributed by atoms with E-state index in [2.05, 4.69) is 44.2 Å². The molecule has 27 heavy (non-hydrogen) atoms. The number of benzene rings is 1. The molecule has 0 spiro atoms. The van der Waals surface area contributed by atoms with Crippen LogP contribution in [0.25, 0.3) is 22.6 Å². The Morgan fingerprint density at radius 1 is 1.00 bits per heavy atom. The lowest BCUT2D eigenvalue weighted by atomic mass is 10.2. The Balaban J connectivity index is 1.67. The summed E-state index contributed by atoms with van der Waals surface area (Å²) in [7, 11) is 1.94. The fraction of sp³-hybridized carbons (Fsp3) is 0.200. The largest absolute Gasteiger partial charge is 0.324 e. The highest BCUT2D eigenvalue weighted by molar-refractivity contribution is 5.77. The van der Waals surface area contributed by atoms with E-state index in [4.69, 9.17) is 9.97 Å². The number of aromatic nitrogens is 5. The van der Waals surface area contributed by atoms with Gasteiger partial charge in [0.2, 0.25) is 5.95 Å². The van der Waals surface area contributed by atoms with Gasteiger partial charge in [-0.05, 0) is 43.8 Å². The molecule has 0 fully saturated rings. The maximum Gasteiger partial charge on any atom is 0.229 e. The molecule has 0 aliphatic rings. The van der Waals surface area contributed by atoms with Crippen molar-refractivity contribution >= 4 is 22.8 Å². The third-order valence-electron chi connectivity index (χ3n) is 4.33. The first-order valence-electron chi connectivity index (χ1n) is 8.92. The summed E-state index contributed by atoms with van der Waals surface area (Å²) in [5.74, 6) is 1.43. The van der Waals surface area contributed by atoms with Crippen LogP contribution in [0, 0.1) is 0 Å². The molecule has 3 heterocycles. The highest BCUT2D eigenvalue weighted by Crippen LogP contribution is 2.24. The van der Waals surface area contributed by atoms with Gasteiger partial charge in [-0.2, -0.15) is 4.98 Å². The van der Waals surface area contributed by atoms with Crippen molar-refractivity contribution in [1.82, 2.24) is 29.8 Å². The number of pyridine rings is 1. The summed E-state index contributed by atoms with van der Waals surface area (Å²) in [6.45, 7) is 3.70. The van der Waals surface area contributed by atoms with Gasteiger partial charge in [-0.25, -0.2) is 9.97 Å². The van der Waals surface area contributed by atoms with Crippen molar-refractivity contribution in [3.05, 3.63) is 60.6 Å². The minimum atomic E-state index is 0.555. The van der Waals surface area contributed by atoms with E-state index in [0.717, 1.165) is 41.3 Å². The average molecular weight is 359 g/mol. The Morgan fingerprint density at radius 3 is 2.48 bits per heavy atom. The molecule has 0 amide bonds. The molecule has 0 aliphatic heterocycles. The second-order valence-electron chi connectivity index (χ2n) is 6.17. The van der Waals surface area contributed by atoms with Crippen molar-refractivity contribution in [3.8, 4) is 11.4 Å². The lowest BCUT2D eigenvalue weighted by molar-refractivity contribution is 0.786. The summed E-state index contributed by atoms with van der Waals surface area (Å²) in [4.78, 5) is 17.9. The molecule has 136 valence electrons. The van der Waals surface area contributed by atoms with Gasteiger partial charge >= 0.3 is 0 Å². The monoisotopic (exact) mass is 359 g/mol. The molecule has 1 aromatic carbocycles. The van der Waals surface area contributed by atoms with E-state index in [9.17, 15) is 0 Å². The number of aryl methyl sites for hydroxylation is 1. The highest BCUT2D eigenvalue weighted by Gasteiger charge is 2.14. The Kier molecular flexibility index (Phi) is 4.76. The van der Waals surface area contributed by atoms with Crippen molar-refractivity contribution in [2.75, 3.05) is 12.4 Å². The van der Waals surface area contributed by atoms with Gasteiger partial charge in [0, 0.05) is 36.7 Å². The fourth-order valence-electron chi connectivity index (χ4n) is 3.04.